The summed E-state index contributed by atoms with van der Waals surface area (Å²) >= 11 is 0. The predicted octanol–water partition coefficient (Wildman–Crippen LogP) is 2.93. The Bertz CT molecular complexity index is 321. The summed E-state index contributed by atoms with van der Waals surface area (Å²) in [7, 11) is 1.74. The van der Waals surface area contributed by atoms with Crippen LogP contribution in [0.5, 0.6) is 0 Å². The van der Waals surface area contributed by atoms with Crippen molar-refractivity contribution in [2.24, 2.45) is 0 Å². The summed E-state index contributed by atoms with van der Waals surface area (Å²) in [4.78, 5) is 0. The maximum atomic E-state index is 5.59. The molecule has 0 fully saturated rings. The molecule has 0 aliphatic rings. The van der Waals surface area contributed by atoms with Crippen LogP contribution in [0.3, 0.4) is 0 Å². The van der Waals surface area contributed by atoms with E-state index in [1.807, 2.05) is 25.1 Å². The molecule has 0 aliphatic carbocycles. The van der Waals surface area contributed by atoms with Crippen molar-refractivity contribution in [2.75, 3.05) is 13.7 Å². The summed E-state index contributed by atoms with van der Waals surface area (Å²) in [6, 6.07) is 10.4. The van der Waals surface area contributed by atoms with E-state index >= 15 is 0 Å². The van der Waals surface area contributed by atoms with Crippen molar-refractivity contribution in [1.82, 2.24) is 5.32 Å². The molecule has 2 heteroatoms. The second kappa shape index (κ2) is 6.46. The van der Waals surface area contributed by atoms with E-state index in [1.54, 1.807) is 7.11 Å². The highest BCUT2D eigenvalue weighted by Crippen LogP contribution is 2.23. The molecular formula is C14H21NO. The summed E-state index contributed by atoms with van der Waals surface area (Å²) in [5.41, 5.74) is 2.27. The van der Waals surface area contributed by atoms with Gasteiger partial charge in [0.2, 0.25) is 0 Å². The van der Waals surface area contributed by atoms with E-state index in [2.05, 4.69) is 31.0 Å². The van der Waals surface area contributed by atoms with Gasteiger partial charge in [0.15, 0.2) is 0 Å². The highest BCUT2D eigenvalue weighted by atomic mass is 16.5. The summed E-state index contributed by atoms with van der Waals surface area (Å²) in [5.74, 6) is 0. The predicted molar refractivity (Wildman–Crippen MR) is 68.5 cm³/mol. The van der Waals surface area contributed by atoms with Gasteiger partial charge in [0.05, 0.1) is 6.04 Å². The number of hydrogen-bond acceptors (Lipinski definition) is 2. The number of nitrogens with one attached hydrogen (secondary N) is 1. The number of methoxy groups -OCH3 is 1. The van der Waals surface area contributed by atoms with E-state index in [0.717, 1.165) is 12.1 Å². The Labute approximate surface area is 98.3 Å². The van der Waals surface area contributed by atoms with Gasteiger partial charge in [-0.1, -0.05) is 49.4 Å². The van der Waals surface area contributed by atoms with Crippen molar-refractivity contribution in [3.63, 3.8) is 0 Å². The molecule has 2 atom stereocenters. The first-order valence-electron chi connectivity index (χ1n) is 5.67. The third-order valence-corrected chi connectivity index (χ3v) is 2.64. The molecule has 0 saturated carbocycles. The van der Waals surface area contributed by atoms with E-state index in [-0.39, 0.29) is 12.1 Å². The van der Waals surface area contributed by atoms with Gasteiger partial charge < -0.3 is 10.1 Å². The molecule has 1 N–H and O–H groups in total. The minimum Gasteiger partial charge on any atom is -0.375 e. The number of hydrogen-bond donors (Lipinski definition) is 1. The molecule has 0 amide bonds. The third kappa shape index (κ3) is 3.19. The number of likely N-dealkylation sites (N-methyl/N-ethyl adjacent to an activating group) is 1. The van der Waals surface area contributed by atoms with Crippen LogP contribution in [0.2, 0.25) is 0 Å². The molecule has 2 nitrogen and oxygen atoms in total. The molecule has 0 radical (unpaired) electrons. The molecule has 2 unspecified atom stereocenters. The topological polar surface area (TPSA) is 21.3 Å². The smallest absolute Gasteiger partial charge is 0.101 e. The lowest BCUT2D eigenvalue weighted by Crippen LogP contribution is -2.36. The summed E-state index contributed by atoms with van der Waals surface area (Å²) in [6.45, 7) is 9.05. The molecule has 1 rings (SSSR count). The van der Waals surface area contributed by atoms with Crippen LogP contribution in [0.25, 0.3) is 0 Å². The van der Waals surface area contributed by atoms with E-state index in [9.17, 15) is 0 Å². The second-order valence-corrected chi connectivity index (χ2v) is 3.95. The Morgan fingerprint density at radius 2 is 2.00 bits per heavy atom. The molecular weight excluding hydrogens is 198 g/mol. The number of benzene rings is 1. The fourth-order valence-corrected chi connectivity index (χ4v) is 1.87. The summed E-state index contributed by atoms with van der Waals surface area (Å²) < 4.78 is 5.59. The average Bonchev–Trinajstić information content (AvgIpc) is 2.30. The highest BCUT2D eigenvalue weighted by Gasteiger charge is 2.22. The van der Waals surface area contributed by atoms with Gasteiger partial charge in [-0.25, -0.2) is 0 Å². The Kier molecular flexibility index (Phi) is 5.23. The molecule has 0 spiro atoms. The first-order chi connectivity index (χ1) is 7.70. The first kappa shape index (κ1) is 12.9. The maximum absolute atomic E-state index is 5.59. The zero-order valence-electron chi connectivity index (χ0n) is 10.4. The van der Waals surface area contributed by atoms with Crippen LogP contribution in [0, 0.1) is 0 Å². The summed E-state index contributed by atoms with van der Waals surface area (Å²) in [5, 5.41) is 3.41. The van der Waals surface area contributed by atoms with Gasteiger partial charge in [0.1, 0.15) is 6.10 Å². The molecule has 0 bridgehead atoms. The maximum Gasteiger partial charge on any atom is 0.101 e. The Morgan fingerprint density at radius 3 is 2.44 bits per heavy atom. The van der Waals surface area contributed by atoms with Crippen LogP contribution < -0.4 is 5.32 Å². The fraction of sp³-hybridized carbons (Fsp3) is 0.429. The van der Waals surface area contributed by atoms with E-state index < -0.39 is 0 Å². The van der Waals surface area contributed by atoms with Crippen LogP contribution in [0.1, 0.15) is 25.5 Å². The van der Waals surface area contributed by atoms with Crippen LogP contribution in [0.15, 0.2) is 42.5 Å². The molecule has 16 heavy (non-hydrogen) atoms. The molecule has 1 aromatic carbocycles. The van der Waals surface area contributed by atoms with E-state index in [0.29, 0.717) is 0 Å². The van der Waals surface area contributed by atoms with Crippen molar-refractivity contribution < 1.29 is 4.74 Å². The van der Waals surface area contributed by atoms with Gasteiger partial charge in [0.25, 0.3) is 0 Å². The molecule has 88 valence electrons. The molecule has 0 aliphatic heterocycles. The lowest BCUT2D eigenvalue weighted by Gasteiger charge is -2.27. The highest BCUT2D eigenvalue weighted by molar-refractivity contribution is 5.22. The van der Waals surface area contributed by atoms with E-state index in [1.165, 1.54) is 5.56 Å². The number of rotatable bonds is 6. The minimum absolute atomic E-state index is 0.0265. The molecule has 0 saturated heterocycles. The minimum atomic E-state index is 0.0265. The Morgan fingerprint density at radius 1 is 1.38 bits per heavy atom. The number of ether oxygens (including phenoxy) is 1. The van der Waals surface area contributed by atoms with Gasteiger partial charge >= 0.3 is 0 Å². The Hall–Kier alpha value is -1.12. The van der Waals surface area contributed by atoms with Gasteiger partial charge in [-0.3, -0.25) is 0 Å². The standard InChI is InChI=1S/C14H21NO/c1-5-15-13(11(2)3)14(16-4)12-9-7-6-8-10-12/h6-10,13-15H,2,5H2,1,3-4H3. The second-order valence-electron chi connectivity index (χ2n) is 3.95. The quantitative estimate of drug-likeness (QED) is 0.743. The van der Waals surface area contributed by atoms with Crippen molar-refractivity contribution >= 4 is 0 Å². The van der Waals surface area contributed by atoms with Gasteiger partial charge in [-0.05, 0) is 19.0 Å². The first-order valence-corrected chi connectivity index (χ1v) is 5.67. The van der Waals surface area contributed by atoms with Gasteiger partial charge in [-0.15, -0.1) is 0 Å². The van der Waals surface area contributed by atoms with Gasteiger partial charge in [-0.2, -0.15) is 0 Å². The zero-order chi connectivity index (χ0) is 12.0. The average molecular weight is 219 g/mol. The van der Waals surface area contributed by atoms with Crippen LogP contribution >= 0.6 is 0 Å². The van der Waals surface area contributed by atoms with Crippen molar-refractivity contribution in [3.8, 4) is 0 Å². The monoisotopic (exact) mass is 219 g/mol. The SMILES string of the molecule is C=C(C)C(NCC)C(OC)c1ccccc1. The lowest BCUT2D eigenvalue weighted by molar-refractivity contribution is 0.0793. The van der Waals surface area contributed by atoms with Crippen molar-refractivity contribution in [1.29, 1.82) is 0 Å². The third-order valence-electron chi connectivity index (χ3n) is 2.64. The van der Waals surface area contributed by atoms with Crippen LogP contribution in [0.4, 0.5) is 0 Å². The van der Waals surface area contributed by atoms with Crippen molar-refractivity contribution in [2.45, 2.75) is 26.0 Å². The summed E-state index contributed by atoms with van der Waals surface area (Å²) in [6.07, 6.45) is 0.0265. The van der Waals surface area contributed by atoms with E-state index in [4.69, 9.17) is 4.74 Å². The van der Waals surface area contributed by atoms with Crippen LogP contribution in [-0.4, -0.2) is 19.7 Å². The zero-order valence-corrected chi connectivity index (χ0v) is 10.4. The molecule has 0 heterocycles. The van der Waals surface area contributed by atoms with Gasteiger partial charge in [0, 0.05) is 7.11 Å². The normalized spacial score (nSPS) is 14.4. The molecule has 0 aromatic heterocycles. The lowest BCUT2D eigenvalue weighted by atomic mass is 9.97. The largest absolute Gasteiger partial charge is 0.375 e. The van der Waals surface area contributed by atoms with Crippen molar-refractivity contribution in [3.05, 3.63) is 48.0 Å². The fourth-order valence-electron chi connectivity index (χ4n) is 1.87. The Balaban J connectivity index is 2.91. The molecule has 1 aromatic rings. The van der Waals surface area contributed by atoms with Crippen LogP contribution in [-0.2, 0) is 4.74 Å².